The molecule has 7 nitrogen and oxygen atoms in total. The molecule has 0 aliphatic rings. The highest BCUT2D eigenvalue weighted by Gasteiger charge is 2.25. The van der Waals surface area contributed by atoms with Crippen LogP contribution in [0.1, 0.15) is 20.8 Å². The highest BCUT2D eigenvalue weighted by molar-refractivity contribution is 7.31. The predicted molar refractivity (Wildman–Crippen MR) is 107 cm³/mol. The Kier molecular flexibility index (Phi) is 5.61. The summed E-state index contributed by atoms with van der Waals surface area (Å²) < 4.78 is 16.8. The van der Waals surface area contributed by atoms with Gasteiger partial charge in [-0.1, -0.05) is 30.3 Å². The number of benzene rings is 2. The van der Waals surface area contributed by atoms with Crippen LogP contribution in [0, 0.1) is 0 Å². The third-order valence-corrected chi connectivity index (χ3v) is 4.07. The maximum Gasteiger partial charge on any atom is 0.238 e. The molecule has 3 rings (SSSR count). The van der Waals surface area contributed by atoms with Crippen molar-refractivity contribution in [3.8, 4) is 28.6 Å². The minimum absolute atomic E-state index is 0.0534. The zero-order chi connectivity index (χ0) is 20.5. The Morgan fingerprint density at radius 1 is 1.14 bits per heavy atom. The fraction of sp³-hybridized carbons (Fsp3) is 0.250. The summed E-state index contributed by atoms with van der Waals surface area (Å²) >= 11 is 0. The second kappa shape index (κ2) is 7.80. The van der Waals surface area contributed by atoms with Crippen LogP contribution in [0.4, 0.5) is 0 Å². The Morgan fingerprint density at radius 2 is 1.82 bits per heavy atom. The fourth-order valence-electron chi connectivity index (χ4n) is 2.65. The molecule has 148 valence electrons. The van der Waals surface area contributed by atoms with E-state index in [1.165, 1.54) is 12.1 Å². The van der Waals surface area contributed by atoms with Crippen molar-refractivity contribution in [3.05, 3.63) is 52.7 Å². The molecule has 0 saturated carbocycles. The van der Waals surface area contributed by atoms with Crippen LogP contribution in [0.15, 0.2) is 51.7 Å². The topological polar surface area (TPSA) is 109 Å². The molecule has 0 bridgehead atoms. The summed E-state index contributed by atoms with van der Waals surface area (Å²) in [5, 5.41) is 20.3. The van der Waals surface area contributed by atoms with Crippen molar-refractivity contribution in [1.29, 1.82) is 0 Å². The van der Waals surface area contributed by atoms with Crippen LogP contribution in [0.2, 0.25) is 0 Å². The summed E-state index contributed by atoms with van der Waals surface area (Å²) in [7, 11) is -0.908. The molecular weight excluding hydrogens is 383 g/mol. The number of rotatable bonds is 5. The van der Waals surface area contributed by atoms with E-state index < -0.39 is 31.6 Å². The molecule has 1 aromatic heterocycles. The molecule has 3 N–H and O–H groups in total. The Hall–Kier alpha value is -2.60. The Morgan fingerprint density at radius 3 is 2.43 bits per heavy atom. The van der Waals surface area contributed by atoms with Crippen LogP contribution in [0.25, 0.3) is 22.3 Å². The second-order valence-corrected chi connectivity index (χ2v) is 7.83. The first kappa shape index (κ1) is 20.1. The van der Waals surface area contributed by atoms with Gasteiger partial charge < -0.3 is 29.0 Å². The Bertz CT molecular complexity index is 1040. The van der Waals surface area contributed by atoms with Crippen LogP contribution in [-0.4, -0.2) is 26.7 Å². The molecule has 0 spiro atoms. The highest BCUT2D eigenvalue weighted by Crippen LogP contribution is 2.44. The van der Waals surface area contributed by atoms with Crippen molar-refractivity contribution in [3.63, 3.8) is 0 Å². The van der Waals surface area contributed by atoms with E-state index in [0.29, 0.717) is 11.3 Å². The maximum absolute atomic E-state index is 12.7. The number of ether oxygens (including phenoxy) is 2. The zero-order valence-electron chi connectivity index (χ0n) is 15.6. The van der Waals surface area contributed by atoms with Gasteiger partial charge in [0.05, 0.1) is 8.81 Å². The number of aliphatic hydroxyl groups is 1. The fourth-order valence-corrected chi connectivity index (χ4v) is 2.82. The first-order valence-corrected chi connectivity index (χ1v) is 9.54. The maximum atomic E-state index is 12.7. The van der Waals surface area contributed by atoms with Gasteiger partial charge in [-0.15, -0.1) is 0 Å². The zero-order valence-corrected chi connectivity index (χ0v) is 16.6. The summed E-state index contributed by atoms with van der Waals surface area (Å²) in [6, 6.07) is 10.2. The number of phenolic OH excluding ortho intramolecular Hbond substituents is 1. The third kappa shape index (κ3) is 4.28. The Balaban J connectivity index is 2.25. The molecule has 0 aliphatic carbocycles. The van der Waals surface area contributed by atoms with Gasteiger partial charge in [0.1, 0.15) is 22.3 Å². The minimum Gasteiger partial charge on any atom is -0.504 e. The first-order chi connectivity index (χ1) is 13.2. The molecular formula is C20H21O7P. The van der Waals surface area contributed by atoms with E-state index in [-0.39, 0.29) is 22.5 Å². The summed E-state index contributed by atoms with van der Waals surface area (Å²) in [6.45, 7) is 5.27. The number of fused-ring (bicyclic) bond motifs is 1. The van der Waals surface area contributed by atoms with E-state index in [2.05, 4.69) is 0 Å². The van der Waals surface area contributed by atoms with Crippen molar-refractivity contribution >= 4 is 19.8 Å². The van der Waals surface area contributed by atoms with Gasteiger partial charge in [-0.05, 0) is 20.8 Å². The molecule has 2 atom stereocenters. The monoisotopic (exact) mass is 404 g/mol. The van der Waals surface area contributed by atoms with E-state index in [4.69, 9.17) is 18.8 Å². The van der Waals surface area contributed by atoms with Gasteiger partial charge in [0.15, 0.2) is 16.9 Å². The lowest BCUT2D eigenvalue weighted by molar-refractivity contribution is 0.0443. The summed E-state index contributed by atoms with van der Waals surface area (Å²) in [6.07, 6.45) is 0. The van der Waals surface area contributed by atoms with Gasteiger partial charge in [0, 0.05) is 17.7 Å². The van der Waals surface area contributed by atoms with E-state index in [1.807, 2.05) is 18.2 Å². The van der Waals surface area contributed by atoms with Gasteiger partial charge in [-0.3, -0.25) is 4.79 Å². The van der Waals surface area contributed by atoms with Crippen LogP contribution < -0.4 is 14.9 Å². The van der Waals surface area contributed by atoms with Crippen LogP contribution in [-0.2, 0) is 0 Å². The van der Waals surface area contributed by atoms with E-state index in [9.17, 15) is 15.0 Å². The summed E-state index contributed by atoms with van der Waals surface area (Å²) in [5.74, 6) is -0.304. The molecule has 0 radical (unpaired) electrons. The number of hydrogen-bond donors (Lipinski definition) is 3. The lowest BCUT2D eigenvalue weighted by Gasteiger charge is -2.25. The van der Waals surface area contributed by atoms with Gasteiger partial charge >= 0.3 is 0 Å². The number of aromatic hydroxyl groups is 1. The smallest absolute Gasteiger partial charge is 0.238 e. The standard InChI is InChI=1S/C20H21O7P/c1-20(2,3)27-18-15(26-19(23)28-24)10-14-16(17(18)22)12(21)9-13(25-14)11-7-5-4-6-8-11/h4-10,19,22-24,28H,1-3H3. The number of phenols is 1. The van der Waals surface area contributed by atoms with E-state index >= 15 is 0 Å². The highest BCUT2D eigenvalue weighted by atomic mass is 31.1. The van der Waals surface area contributed by atoms with E-state index in [1.54, 1.807) is 32.9 Å². The van der Waals surface area contributed by atoms with Crippen molar-refractivity contribution in [2.45, 2.75) is 32.4 Å². The van der Waals surface area contributed by atoms with Crippen LogP contribution in [0.3, 0.4) is 0 Å². The van der Waals surface area contributed by atoms with Gasteiger partial charge in [0.25, 0.3) is 0 Å². The molecule has 0 fully saturated rings. The summed E-state index contributed by atoms with van der Waals surface area (Å²) in [5.41, 5.74) is -0.420. The number of hydrogen-bond acceptors (Lipinski definition) is 7. The molecule has 3 aromatic rings. The molecule has 0 amide bonds. The van der Waals surface area contributed by atoms with Gasteiger partial charge in [-0.2, -0.15) is 0 Å². The third-order valence-electron chi connectivity index (χ3n) is 3.73. The quantitative estimate of drug-likeness (QED) is 0.440. The van der Waals surface area contributed by atoms with E-state index in [0.717, 1.165) is 0 Å². The van der Waals surface area contributed by atoms with Crippen molar-refractivity contribution in [2.75, 3.05) is 0 Å². The molecule has 0 saturated heterocycles. The average Bonchev–Trinajstić information content (AvgIpc) is 2.64. The SMILES string of the molecule is CC(C)(C)Oc1c(OC(O)PO)cc2oc(-c3ccccc3)cc(=O)c2c1O. The predicted octanol–water partition coefficient (Wildman–Crippen LogP) is 3.58. The second-order valence-electron chi connectivity index (χ2n) is 7.08. The first-order valence-electron chi connectivity index (χ1n) is 8.52. The molecule has 28 heavy (non-hydrogen) atoms. The Labute approximate surface area is 163 Å². The largest absolute Gasteiger partial charge is 0.504 e. The lowest BCUT2D eigenvalue weighted by Crippen LogP contribution is -2.24. The number of aliphatic hydroxyl groups excluding tert-OH is 1. The molecule has 1 heterocycles. The van der Waals surface area contributed by atoms with Crippen LogP contribution in [0.5, 0.6) is 17.2 Å². The van der Waals surface area contributed by atoms with Crippen molar-refractivity contribution in [2.24, 2.45) is 0 Å². The van der Waals surface area contributed by atoms with Crippen molar-refractivity contribution in [1.82, 2.24) is 0 Å². The lowest BCUT2D eigenvalue weighted by atomic mass is 10.1. The minimum atomic E-state index is -1.51. The van der Waals surface area contributed by atoms with Crippen LogP contribution >= 0.6 is 8.81 Å². The summed E-state index contributed by atoms with van der Waals surface area (Å²) in [4.78, 5) is 21.8. The normalized spacial score (nSPS) is 13.2. The average molecular weight is 404 g/mol. The molecule has 2 unspecified atom stereocenters. The van der Waals surface area contributed by atoms with Gasteiger partial charge in [0.2, 0.25) is 11.8 Å². The molecule has 8 heteroatoms. The molecule has 2 aromatic carbocycles. The molecule has 0 aliphatic heterocycles. The van der Waals surface area contributed by atoms with Crippen molar-refractivity contribution < 1.29 is 29.0 Å². The van der Waals surface area contributed by atoms with Gasteiger partial charge in [-0.25, -0.2) is 0 Å².